The number of hydrogen-bond acceptors (Lipinski definition) is 3. The maximum Gasteiger partial charge on any atom is 0.254 e. The van der Waals surface area contributed by atoms with Gasteiger partial charge < -0.3 is 10.3 Å². The van der Waals surface area contributed by atoms with Crippen LogP contribution >= 0.6 is 12.2 Å². The molecule has 1 amide bonds. The number of nitrogens with one attached hydrogen (secondary N) is 2. The van der Waals surface area contributed by atoms with Gasteiger partial charge in [-0.05, 0) is 42.3 Å². The lowest BCUT2D eigenvalue weighted by Crippen LogP contribution is -2.26. The molecule has 0 aliphatic rings. The Labute approximate surface area is 139 Å². The molecule has 1 aromatic carbocycles. The third kappa shape index (κ3) is 3.73. The summed E-state index contributed by atoms with van der Waals surface area (Å²) in [5, 5.41) is 7.08. The third-order valence-electron chi connectivity index (χ3n) is 3.47. The van der Waals surface area contributed by atoms with Crippen molar-refractivity contribution in [2.24, 2.45) is 0 Å². The second-order valence-corrected chi connectivity index (χ2v) is 5.44. The van der Waals surface area contributed by atoms with Crippen LogP contribution in [0.4, 0.5) is 0 Å². The second-order valence-electron chi connectivity index (χ2n) is 5.04. The Morgan fingerprint density at radius 3 is 2.74 bits per heavy atom. The summed E-state index contributed by atoms with van der Waals surface area (Å²) in [5.74, 6) is -0.153. The predicted molar refractivity (Wildman–Crippen MR) is 91.2 cm³/mol. The van der Waals surface area contributed by atoms with Crippen LogP contribution in [0.15, 0.2) is 61.1 Å². The molecule has 6 heteroatoms. The minimum absolute atomic E-state index is 0.153. The molecule has 0 saturated heterocycles. The van der Waals surface area contributed by atoms with Gasteiger partial charge in [-0.25, -0.2) is 4.68 Å². The van der Waals surface area contributed by atoms with Gasteiger partial charge in [0.05, 0.1) is 11.3 Å². The van der Waals surface area contributed by atoms with Crippen molar-refractivity contribution >= 4 is 18.1 Å². The molecule has 5 nitrogen and oxygen atoms in total. The van der Waals surface area contributed by atoms with Gasteiger partial charge in [0.1, 0.15) is 4.64 Å². The van der Waals surface area contributed by atoms with Gasteiger partial charge in [-0.15, -0.1) is 0 Å². The Bertz CT molecular complexity index is 838. The van der Waals surface area contributed by atoms with Crippen LogP contribution in [0.3, 0.4) is 0 Å². The first-order valence-electron chi connectivity index (χ1n) is 7.29. The fraction of sp³-hybridized carbons (Fsp3) is 0.118. The highest BCUT2D eigenvalue weighted by molar-refractivity contribution is 7.71. The van der Waals surface area contributed by atoms with Crippen LogP contribution in [0, 0.1) is 4.64 Å². The number of aromatic nitrogens is 3. The van der Waals surface area contributed by atoms with Crippen LogP contribution in [0.2, 0.25) is 0 Å². The van der Waals surface area contributed by atoms with Gasteiger partial charge in [-0.3, -0.25) is 4.79 Å². The first kappa shape index (κ1) is 15.2. The number of amides is 1. The Kier molecular flexibility index (Phi) is 4.63. The van der Waals surface area contributed by atoms with Crippen molar-refractivity contribution in [3.05, 3.63) is 76.8 Å². The highest BCUT2D eigenvalue weighted by atomic mass is 32.1. The summed E-state index contributed by atoms with van der Waals surface area (Å²) in [6.07, 6.45) is 6.12. The molecule has 116 valence electrons. The van der Waals surface area contributed by atoms with E-state index in [-0.39, 0.29) is 5.91 Å². The Hall–Kier alpha value is -2.73. The first-order chi connectivity index (χ1) is 11.2. The van der Waals surface area contributed by atoms with Crippen molar-refractivity contribution in [3.63, 3.8) is 0 Å². The van der Waals surface area contributed by atoms with Crippen molar-refractivity contribution in [3.8, 4) is 5.69 Å². The fourth-order valence-corrected chi connectivity index (χ4v) is 2.48. The van der Waals surface area contributed by atoms with Gasteiger partial charge in [0, 0.05) is 25.1 Å². The van der Waals surface area contributed by atoms with Crippen LogP contribution in [0.25, 0.3) is 5.69 Å². The van der Waals surface area contributed by atoms with E-state index in [1.807, 2.05) is 41.2 Å². The van der Waals surface area contributed by atoms with E-state index < -0.39 is 0 Å². The van der Waals surface area contributed by atoms with E-state index >= 15 is 0 Å². The van der Waals surface area contributed by atoms with E-state index in [9.17, 15) is 4.79 Å². The van der Waals surface area contributed by atoms with Gasteiger partial charge in [-0.1, -0.05) is 24.4 Å². The van der Waals surface area contributed by atoms with Gasteiger partial charge in [-0.2, -0.15) is 5.10 Å². The number of pyridine rings is 1. The number of rotatable bonds is 5. The van der Waals surface area contributed by atoms with E-state index in [2.05, 4.69) is 15.4 Å². The van der Waals surface area contributed by atoms with Crippen LogP contribution in [0.5, 0.6) is 0 Å². The van der Waals surface area contributed by atoms with Gasteiger partial charge >= 0.3 is 0 Å². The Morgan fingerprint density at radius 2 is 2.04 bits per heavy atom. The average Bonchev–Trinajstić information content (AvgIpc) is 3.10. The molecule has 2 N–H and O–H groups in total. The van der Waals surface area contributed by atoms with Crippen LogP contribution in [-0.2, 0) is 6.42 Å². The standard InChI is InChI=1S/C17H16N4OS/c22-16(15-3-1-9-19-17(15)23)18-11-8-13-4-6-14(7-5-13)21-12-2-10-20-21/h1-7,9-10,12H,8,11H2,(H,18,22)(H,19,23). The lowest BCUT2D eigenvalue weighted by molar-refractivity contribution is 0.0953. The van der Waals surface area contributed by atoms with E-state index in [0.29, 0.717) is 16.7 Å². The van der Waals surface area contributed by atoms with Crippen molar-refractivity contribution in [2.75, 3.05) is 6.54 Å². The molecule has 23 heavy (non-hydrogen) atoms. The molecule has 0 unspecified atom stereocenters. The largest absolute Gasteiger partial charge is 0.352 e. The van der Waals surface area contributed by atoms with Crippen molar-refractivity contribution in [1.29, 1.82) is 0 Å². The van der Waals surface area contributed by atoms with E-state index in [4.69, 9.17) is 12.2 Å². The third-order valence-corrected chi connectivity index (χ3v) is 3.81. The zero-order valence-corrected chi connectivity index (χ0v) is 13.2. The molecular formula is C17H16N4OS. The lowest BCUT2D eigenvalue weighted by Gasteiger charge is -2.07. The number of carbonyl (C=O) groups excluding carboxylic acids is 1. The molecule has 3 rings (SSSR count). The SMILES string of the molecule is O=C(NCCc1ccc(-n2cccn2)cc1)c1ccc[nH]c1=S. The molecule has 2 heterocycles. The molecule has 0 aliphatic carbocycles. The van der Waals surface area contributed by atoms with E-state index in [1.165, 1.54) is 0 Å². The van der Waals surface area contributed by atoms with E-state index in [0.717, 1.165) is 17.7 Å². The maximum absolute atomic E-state index is 12.1. The number of aromatic amines is 1. The Morgan fingerprint density at radius 1 is 1.22 bits per heavy atom. The summed E-state index contributed by atoms with van der Waals surface area (Å²) < 4.78 is 2.26. The van der Waals surface area contributed by atoms with E-state index in [1.54, 1.807) is 24.5 Å². The maximum atomic E-state index is 12.1. The highest BCUT2D eigenvalue weighted by Gasteiger charge is 2.06. The first-order valence-corrected chi connectivity index (χ1v) is 7.70. The molecule has 0 radical (unpaired) electrons. The molecule has 0 saturated carbocycles. The second kappa shape index (κ2) is 7.02. The summed E-state index contributed by atoms with van der Waals surface area (Å²) in [6, 6.07) is 13.5. The number of H-pyrrole nitrogens is 1. The Balaban J connectivity index is 1.56. The molecular weight excluding hydrogens is 308 g/mol. The molecule has 0 fully saturated rings. The van der Waals surface area contributed by atoms with Crippen molar-refractivity contribution < 1.29 is 4.79 Å². The molecule has 2 aromatic heterocycles. The molecule has 0 atom stereocenters. The minimum atomic E-state index is -0.153. The number of benzene rings is 1. The summed E-state index contributed by atoms with van der Waals surface area (Å²) in [6.45, 7) is 0.559. The summed E-state index contributed by atoms with van der Waals surface area (Å²) in [7, 11) is 0. The summed E-state index contributed by atoms with van der Waals surface area (Å²) >= 11 is 5.10. The molecule has 3 aromatic rings. The van der Waals surface area contributed by atoms with Crippen molar-refractivity contribution in [1.82, 2.24) is 20.1 Å². The quantitative estimate of drug-likeness (QED) is 0.709. The zero-order valence-electron chi connectivity index (χ0n) is 12.4. The topological polar surface area (TPSA) is 62.7 Å². The van der Waals surface area contributed by atoms with Crippen LogP contribution in [0.1, 0.15) is 15.9 Å². The minimum Gasteiger partial charge on any atom is -0.352 e. The molecule has 0 bridgehead atoms. The monoisotopic (exact) mass is 324 g/mol. The smallest absolute Gasteiger partial charge is 0.254 e. The molecule has 0 aliphatic heterocycles. The normalized spacial score (nSPS) is 10.4. The number of hydrogen-bond donors (Lipinski definition) is 2. The summed E-state index contributed by atoms with van der Waals surface area (Å²) in [5.41, 5.74) is 2.66. The predicted octanol–water partition coefficient (Wildman–Crippen LogP) is 2.90. The van der Waals surface area contributed by atoms with Crippen LogP contribution < -0.4 is 5.32 Å². The van der Waals surface area contributed by atoms with Gasteiger partial charge in [0.25, 0.3) is 5.91 Å². The fourth-order valence-electron chi connectivity index (χ4n) is 2.25. The number of nitrogens with zero attached hydrogens (tertiary/aromatic N) is 2. The average molecular weight is 324 g/mol. The van der Waals surface area contributed by atoms with Gasteiger partial charge in [0.2, 0.25) is 0 Å². The highest BCUT2D eigenvalue weighted by Crippen LogP contribution is 2.09. The number of carbonyl (C=O) groups is 1. The van der Waals surface area contributed by atoms with Crippen LogP contribution in [-0.4, -0.2) is 27.2 Å². The summed E-state index contributed by atoms with van der Waals surface area (Å²) in [4.78, 5) is 14.9. The van der Waals surface area contributed by atoms with Crippen molar-refractivity contribution in [2.45, 2.75) is 6.42 Å². The molecule has 0 spiro atoms. The lowest BCUT2D eigenvalue weighted by atomic mass is 10.1. The van der Waals surface area contributed by atoms with Gasteiger partial charge in [0.15, 0.2) is 0 Å². The zero-order chi connectivity index (χ0) is 16.1.